The van der Waals surface area contributed by atoms with Crippen molar-refractivity contribution in [2.75, 3.05) is 0 Å². The molecule has 11 heavy (non-hydrogen) atoms. The molecule has 1 rings (SSSR count). The summed E-state index contributed by atoms with van der Waals surface area (Å²) in [5, 5.41) is 7.17. The highest BCUT2D eigenvalue weighted by Crippen LogP contribution is 2.10. The van der Waals surface area contributed by atoms with Gasteiger partial charge in [0.05, 0.1) is 0 Å². The zero-order chi connectivity index (χ0) is 8.27. The summed E-state index contributed by atoms with van der Waals surface area (Å²) in [5.41, 5.74) is 0.653. The van der Waals surface area contributed by atoms with Gasteiger partial charge in [-0.05, 0) is 12.1 Å². The topological polar surface area (TPSA) is 40.9 Å². The van der Waals surface area contributed by atoms with Gasteiger partial charge < -0.3 is 0 Å². The van der Waals surface area contributed by atoms with Gasteiger partial charge in [-0.1, -0.05) is 28.1 Å². The number of halogens is 1. The van der Waals surface area contributed by atoms with Crippen molar-refractivity contribution in [1.82, 2.24) is 0 Å². The maximum atomic E-state index is 10.2. The molecule has 1 N–H and O–H groups in total. The van der Waals surface area contributed by atoms with Gasteiger partial charge in [-0.15, -0.1) is 0 Å². The molecule has 3 heteroatoms. The molecule has 0 saturated carbocycles. The van der Waals surface area contributed by atoms with Crippen LogP contribution >= 0.6 is 15.9 Å². The van der Waals surface area contributed by atoms with E-state index >= 15 is 0 Å². The summed E-state index contributed by atoms with van der Waals surface area (Å²) in [4.78, 5) is 10.2. The lowest BCUT2D eigenvalue weighted by Crippen LogP contribution is -1.98. The Kier molecular flexibility index (Phi) is 2.54. The summed E-state index contributed by atoms with van der Waals surface area (Å²) < 4.78 is 0.944. The Morgan fingerprint density at radius 1 is 1.36 bits per heavy atom. The molecule has 56 valence electrons. The number of rotatable bonds is 2. The lowest BCUT2D eigenvalue weighted by molar-refractivity contribution is -0.102. The van der Waals surface area contributed by atoms with E-state index in [1.807, 2.05) is 0 Å². The summed E-state index contributed by atoms with van der Waals surface area (Å²) in [6.07, 6.45) is 0.531. The van der Waals surface area contributed by atoms with Crippen molar-refractivity contribution in [3.63, 3.8) is 0 Å². The smallest absolute Gasteiger partial charge is 0.168 e. The third-order valence-corrected chi connectivity index (χ3v) is 1.80. The average Bonchev–Trinajstić information content (AvgIpc) is 2.05. The van der Waals surface area contributed by atoms with Gasteiger partial charge in [0, 0.05) is 10.0 Å². The van der Waals surface area contributed by atoms with Gasteiger partial charge in [-0.2, -0.15) is 0 Å². The van der Waals surface area contributed by atoms with E-state index in [2.05, 4.69) is 15.9 Å². The van der Waals surface area contributed by atoms with Crippen molar-refractivity contribution in [2.45, 2.75) is 0 Å². The van der Waals surface area contributed by atoms with Gasteiger partial charge in [0.1, 0.15) is 5.71 Å². The van der Waals surface area contributed by atoms with Crippen LogP contribution in [0.4, 0.5) is 0 Å². The first-order valence-corrected chi connectivity index (χ1v) is 3.83. The molecule has 0 saturated heterocycles. The highest BCUT2D eigenvalue weighted by molar-refractivity contribution is 9.10. The van der Waals surface area contributed by atoms with E-state index in [4.69, 9.17) is 5.41 Å². The molecule has 0 unspecified atom stereocenters. The number of nitrogens with one attached hydrogen (secondary N) is 1. The van der Waals surface area contributed by atoms with Crippen LogP contribution in [-0.2, 0) is 4.79 Å². The van der Waals surface area contributed by atoms with Crippen molar-refractivity contribution in [2.24, 2.45) is 0 Å². The average molecular weight is 212 g/mol. The SMILES string of the molecule is N=C(C=O)c1ccc(Br)cc1. The third kappa shape index (κ3) is 1.98. The quantitative estimate of drug-likeness (QED) is 0.591. The first kappa shape index (κ1) is 8.14. The molecule has 2 nitrogen and oxygen atoms in total. The fourth-order valence-electron chi connectivity index (χ4n) is 0.697. The Hall–Kier alpha value is -0.960. The molecule has 0 aromatic heterocycles. The lowest BCUT2D eigenvalue weighted by Gasteiger charge is -1.94. The summed E-state index contributed by atoms with van der Waals surface area (Å²) in [6.45, 7) is 0. The van der Waals surface area contributed by atoms with Crippen LogP contribution in [0.2, 0.25) is 0 Å². The van der Waals surface area contributed by atoms with Crippen LogP contribution in [-0.4, -0.2) is 12.0 Å². The molecule has 0 amide bonds. The fraction of sp³-hybridized carbons (Fsp3) is 0. The Bertz CT molecular complexity index is 279. The second-order valence-electron chi connectivity index (χ2n) is 2.04. The molecule has 0 spiro atoms. The van der Waals surface area contributed by atoms with E-state index in [9.17, 15) is 4.79 Å². The van der Waals surface area contributed by atoms with Crippen molar-refractivity contribution in [3.8, 4) is 0 Å². The standard InChI is InChI=1S/C8H6BrNO/c9-7-3-1-6(2-4-7)8(10)5-11/h1-5,10H. The molecular formula is C8H6BrNO. The number of hydrogen-bond donors (Lipinski definition) is 1. The molecule has 0 heterocycles. The molecule has 0 radical (unpaired) electrons. The molecule has 0 atom stereocenters. The molecule has 1 aromatic carbocycles. The number of benzene rings is 1. The summed E-state index contributed by atoms with van der Waals surface area (Å²) in [7, 11) is 0. The van der Waals surface area contributed by atoms with Crippen molar-refractivity contribution < 1.29 is 4.79 Å². The fourth-order valence-corrected chi connectivity index (χ4v) is 0.962. The van der Waals surface area contributed by atoms with E-state index in [0.717, 1.165) is 4.47 Å². The van der Waals surface area contributed by atoms with E-state index in [-0.39, 0.29) is 5.71 Å². The van der Waals surface area contributed by atoms with Crippen molar-refractivity contribution in [1.29, 1.82) is 5.41 Å². The molecular weight excluding hydrogens is 206 g/mol. The summed E-state index contributed by atoms with van der Waals surface area (Å²) in [6, 6.07) is 7.04. The zero-order valence-electron chi connectivity index (χ0n) is 5.67. The number of hydrogen-bond acceptors (Lipinski definition) is 2. The number of carbonyl (C=O) groups excluding carboxylic acids is 1. The summed E-state index contributed by atoms with van der Waals surface area (Å²) in [5.74, 6) is 0. The second-order valence-corrected chi connectivity index (χ2v) is 2.95. The van der Waals surface area contributed by atoms with Crippen LogP contribution in [0.15, 0.2) is 28.7 Å². The van der Waals surface area contributed by atoms with Crippen LogP contribution in [0.3, 0.4) is 0 Å². The highest BCUT2D eigenvalue weighted by atomic mass is 79.9. The third-order valence-electron chi connectivity index (χ3n) is 1.27. The van der Waals surface area contributed by atoms with Crippen LogP contribution < -0.4 is 0 Å². The largest absolute Gasteiger partial charge is 0.297 e. The van der Waals surface area contributed by atoms with Crippen LogP contribution in [0.25, 0.3) is 0 Å². The monoisotopic (exact) mass is 211 g/mol. The lowest BCUT2D eigenvalue weighted by atomic mass is 10.1. The first-order chi connectivity index (χ1) is 5.24. The Labute approximate surface area is 72.9 Å². The maximum Gasteiger partial charge on any atom is 0.168 e. The minimum atomic E-state index is 0.0116. The predicted molar refractivity (Wildman–Crippen MR) is 47.0 cm³/mol. The molecule has 0 fully saturated rings. The van der Waals surface area contributed by atoms with Gasteiger partial charge in [-0.25, -0.2) is 0 Å². The van der Waals surface area contributed by atoms with Crippen LogP contribution in [0.5, 0.6) is 0 Å². The number of aldehydes is 1. The van der Waals surface area contributed by atoms with Crippen molar-refractivity contribution >= 4 is 27.9 Å². The second kappa shape index (κ2) is 3.44. The number of carbonyl (C=O) groups is 1. The summed E-state index contributed by atoms with van der Waals surface area (Å²) >= 11 is 3.26. The predicted octanol–water partition coefficient (Wildman–Crippen LogP) is 2.02. The van der Waals surface area contributed by atoms with E-state index in [1.165, 1.54) is 0 Å². The highest BCUT2D eigenvalue weighted by Gasteiger charge is 1.96. The molecule has 0 aliphatic heterocycles. The molecule has 0 bridgehead atoms. The van der Waals surface area contributed by atoms with E-state index in [1.54, 1.807) is 24.3 Å². The molecule has 0 aliphatic carbocycles. The molecule has 1 aromatic rings. The maximum absolute atomic E-state index is 10.2. The van der Waals surface area contributed by atoms with Crippen molar-refractivity contribution in [3.05, 3.63) is 34.3 Å². The van der Waals surface area contributed by atoms with Crippen LogP contribution in [0.1, 0.15) is 5.56 Å². The minimum absolute atomic E-state index is 0.0116. The van der Waals surface area contributed by atoms with Gasteiger partial charge in [0.15, 0.2) is 6.29 Å². The van der Waals surface area contributed by atoms with Gasteiger partial charge >= 0.3 is 0 Å². The van der Waals surface area contributed by atoms with Gasteiger partial charge in [0.2, 0.25) is 0 Å². The minimum Gasteiger partial charge on any atom is -0.297 e. The van der Waals surface area contributed by atoms with Gasteiger partial charge in [0.25, 0.3) is 0 Å². The normalized spacial score (nSPS) is 9.18. The Balaban J connectivity index is 2.98. The zero-order valence-corrected chi connectivity index (χ0v) is 7.26. The Morgan fingerprint density at radius 2 is 1.91 bits per heavy atom. The van der Waals surface area contributed by atoms with E-state index in [0.29, 0.717) is 11.8 Å². The van der Waals surface area contributed by atoms with Gasteiger partial charge in [-0.3, -0.25) is 10.2 Å². The van der Waals surface area contributed by atoms with E-state index < -0.39 is 0 Å². The van der Waals surface area contributed by atoms with Crippen LogP contribution in [0, 0.1) is 5.41 Å². The Morgan fingerprint density at radius 3 is 2.36 bits per heavy atom. The first-order valence-electron chi connectivity index (χ1n) is 3.03. The molecule has 0 aliphatic rings.